The van der Waals surface area contributed by atoms with Crippen molar-refractivity contribution in [3.63, 3.8) is 0 Å². The summed E-state index contributed by atoms with van der Waals surface area (Å²) >= 11 is 0. The van der Waals surface area contributed by atoms with Gasteiger partial charge in [-0.25, -0.2) is 14.3 Å². The van der Waals surface area contributed by atoms with Crippen LogP contribution in [0.4, 0.5) is 19.0 Å². The number of methoxy groups -OCH3 is 1. The van der Waals surface area contributed by atoms with Gasteiger partial charge in [0.25, 0.3) is 5.91 Å². The molecule has 37 heavy (non-hydrogen) atoms. The Balaban J connectivity index is 1.62. The van der Waals surface area contributed by atoms with E-state index in [4.69, 9.17) is 4.74 Å². The molecule has 0 saturated carbocycles. The molecule has 0 aliphatic carbocycles. The number of carbonyl (C=O) groups is 2. The fourth-order valence-electron chi connectivity index (χ4n) is 3.46. The number of aromatic nitrogens is 3. The molecule has 8 nitrogen and oxygen atoms in total. The van der Waals surface area contributed by atoms with Gasteiger partial charge in [-0.1, -0.05) is 26.8 Å². The second-order valence-electron chi connectivity index (χ2n) is 9.18. The molecular formula is C26H23F3N4O4. The molecular weight excluding hydrogens is 489 g/mol. The maximum atomic E-state index is 13.0. The second-order valence-corrected chi connectivity index (χ2v) is 9.18. The highest BCUT2D eigenvalue weighted by Crippen LogP contribution is 2.31. The zero-order chi connectivity index (χ0) is 27.0. The van der Waals surface area contributed by atoms with Crippen molar-refractivity contribution in [3.05, 3.63) is 71.9 Å². The van der Waals surface area contributed by atoms with E-state index in [0.717, 1.165) is 5.56 Å². The van der Waals surface area contributed by atoms with Crippen LogP contribution in [0.25, 0.3) is 16.9 Å². The number of fused-ring (bicyclic) bond motifs is 1. The van der Waals surface area contributed by atoms with Gasteiger partial charge in [0.15, 0.2) is 11.5 Å². The monoisotopic (exact) mass is 512 g/mol. The SMILES string of the molecule is COc1ccc(-c2ccc3nc(NC(=O)c4ccc(C(C)(C)C)cc4OC(=O)C(F)(F)F)cn3n2)cc1. The Labute approximate surface area is 210 Å². The average molecular weight is 512 g/mol. The summed E-state index contributed by atoms with van der Waals surface area (Å²) < 4.78 is 49.8. The Kier molecular flexibility index (Phi) is 6.64. The summed E-state index contributed by atoms with van der Waals surface area (Å²) in [5, 5.41) is 7.02. The van der Waals surface area contributed by atoms with E-state index in [1.807, 2.05) is 32.9 Å². The number of imidazole rings is 1. The third-order valence-electron chi connectivity index (χ3n) is 5.47. The van der Waals surface area contributed by atoms with Gasteiger partial charge in [-0.2, -0.15) is 18.3 Å². The van der Waals surface area contributed by atoms with Crippen LogP contribution in [0, 0.1) is 0 Å². The van der Waals surface area contributed by atoms with Crippen LogP contribution >= 0.6 is 0 Å². The van der Waals surface area contributed by atoms with E-state index in [1.165, 1.54) is 22.8 Å². The van der Waals surface area contributed by atoms with E-state index in [9.17, 15) is 22.8 Å². The van der Waals surface area contributed by atoms with Gasteiger partial charge >= 0.3 is 12.1 Å². The Bertz CT molecular complexity index is 1470. The van der Waals surface area contributed by atoms with Crippen LogP contribution in [0.15, 0.2) is 60.8 Å². The Hall–Kier alpha value is -4.41. The third kappa shape index (κ3) is 5.71. The summed E-state index contributed by atoms with van der Waals surface area (Å²) in [6.07, 6.45) is -3.76. The first-order chi connectivity index (χ1) is 17.3. The van der Waals surface area contributed by atoms with Crippen LogP contribution in [0.2, 0.25) is 0 Å². The van der Waals surface area contributed by atoms with E-state index >= 15 is 0 Å². The maximum absolute atomic E-state index is 13.0. The lowest BCUT2D eigenvalue weighted by Crippen LogP contribution is -2.29. The third-order valence-corrected chi connectivity index (χ3v) is 5.47. The molecule has 2 aromatic carbocycles. The molecule has 0 spiro atoms. The normalized spacial score (nSPS) is 11.9. The van der Waals surface area contributed by atoms with Crippen LogP contribution in [-0.4, -0.2) is 39.8 Å². The zero-order valence-electron chi connectivity index (χ0n) is 20.4. The summed E-state index contributed by atoms with van der Waals surface area (Å²) in [6.45, 7) is 5.50. The summed E-state index contributed by atoms with van der Waals surface area (Å²) in [7, 11) is 1.57. The van der Waals surface area contributed by atoms with Crippen LogP contribution in [0.3, 0.4) is 0 Å². The molecule has 1 N–H and O–H groups in total. The molecule has 0 atom stereocenters. The first-order valence-electron chi connectivity index (χ1n) is 11.1. The highest BCUT2D eigenvalue weighted by atomic mass is 19.4. The number of esters is 1. The number of hydrogen-bond acceptors (Lipinski definition) is 6. The number of rotatable bonds is 5. The highest BCUT2D eigenvalue weighted by Gasteiger charge is 2.42. The second kappa shape index (κ2) is 9.57. The Morgan fingerprint density at radius 1 is 0.973 bits per heavy atom. The van der Waals surface area contributed by atoms with Gasteiger partial charge in [-0.3, -0.25) is 4.79 Å². The van der Waals surface area contributed by atoms with Gasteiger partial charge in [-0.15, -0.1) is 0 Å². The maximum Gasteiger partial charge on any atom is 0.491 e. The van der Waals surface area contributed by atoms with Gasteiger partial charge in [0.1, 0.15) is 11.5 Å². The van der Waals surface area contributed by atoms with E-state index in [0.29, 0.717) is 22.7 Å². The average Bonchev–Trinajstić information content (AvgIpc) is 3.24. The number of benzene rings is 2. The minimum atomic E-state index is -5.22. The molecule has 0 aliphatic heterocycles. The van der Waals surface area contributed by atoms with Gasteiger partial charge < -0.3 is 14.8 Å². The minimum Gasteiger partial charge on any atom is -0.497 e. The standard InChI is InChI=1S/C26H23F3N4O4/c1-25(2,3)16-7-10-18(20(13-16)37-24(35)26(27,28)29)23(34)31-21-14-33-22(30-21)12-11-19(32-33)15-5-8-17(36-4)9-6-15/h5-14H,1-4H3,(H,31,34). The molecule has 2 aromatic heterocycles. The number of halogens is 3. The summed E-state index contributed by atoms with van der Waals surface area (Å²) in [5.41, 5.74) is 1.76. The molecule has 0 radical (unpaired) electrons. The first-order valence-corrected chi connectivity index (χ1v) is 11.1. The van der Waals surface area contributed by atoms with Gasteiger partial charge in [0, 0.05) is 5.56 Å². The number of alkyl halides is 3. The van der Waals surface area contributed by atoms with E-state index in [1.54, 1.807) is 37.4 Å². The van der Waals surface area contributed by atoms with Crippen molar-refractivity contribution in [1.82, 2.24) is 14.6 Å². The summed E-state index contributed by atoms with van der Waals surface area (Å²) in [5.74, 6) is -2.92. The zero-order valence-corrected chi connectivity index (χ0v) is 20.4. The number of hydrogen-bond donors (Lipinski definition) is 1. The van der Waals surface area contributed by atoms with Crippen molar-refractivity contribution in [3.8, 4) is 22.8 Å². The lowest BCUT2D eigenvalue weighted by atomic mass is 9.86. The quantitative estimate of drug-likeness (QED) is 0.283. The van der Waals surface area contributed by atoms with Crippen molar-refractivity contribution in [2.24, 2.45) is 0 Å². The predicted octanol–water partition coefficient (Wildman–Crippen LogP) is 5.42. The van der Waals surface area contributed by atoms with Crippen molar-refractivity contribution in [2.75, 3.05) is 12.4 Å². The van der Waals surface area contributed by atoms with Crippen molar-refractivity contribution < 1.29 is 32.2 Å². The smallest absolute Gasteiger partial charge is 0.491 e. The minimum absolute atomic E-state index is 0.109. The molecule has 0 fully saturated rings. The predicted molar refractivity (Wildman–Crippen MR) is 130 cm³/mol. The molecule has 0 bridgehead atoms. The van der Waals surface area contributed by atoms with Crippen LogP contribution < -0.4 is 14.8 Å². The molecule has 0 unspecified atom stereocenters. The molecule has 1 amide bonds. The fraction of sp³-hybridized carbons (Fsp3) is 0.231. The van der Waals surface area contributed by atoms with Gasteiger partial charge in [0.05, 0.1) is 24.6 Å². The molecule has 2 heterocycles. The number of nitrogens with one attached hydrogen (secondary N) is 1. The van der Waals surface area contributed by atoms with E-state index in [-0.39, 0.29) is 11.4 Å². The highest BCUT2D eigenvalue weighted by molar-refractivity contribution is 6.06. The van der Waals surface area contributed by atoms with E-state index in [2.05, 4.69) is 20.1 Å². The molecule has 192 valence electrons. The summed E-state index contributed by atoms with van der Waals surface area (Å²) in [6, 6.07) is 14.9. The number of ether oxygens (including phenoxy) is 2. The molecule has 11 heteroatoms. The molecule has 4 aromatic rings. The van der Waals surface area contributed by atoms with Gasteiger partial charge in [-0.05, 0) is 59.5 Å². The largest absolute Gasteiger partial charge is 0.497 e. The van der Waals surface area contributed by atoms with Gasteiger partial charge in [0.2, 0.25) is 0 Å². The molecule has 0 aliphatic rings. The number of anilines is 1. The topological polar surface area (TPSA) is 94.8 Å². The van der Waals surface area contributed by atoms with Crippen LogP contribution in [-0.2, 0) is 10.2 Å². The van der Waals surface area contributed by atoms with Crippen molar-refractivity contribution >= 4 is 23.3 Å². The first kappa shape index (κ1) is 25.7. The fourth-order valence-corrected chi connectivity index (χ4v) is 3.46. The molecule has 4 rings (SSSR count). The Morgan fingerprint density at radius 2 is 1.68 bits per heavy atom. The number of nitrogens with zero attached hydrogens (tertiary/aromatic N) is 3. The summed E-state index contributed by atoms with van der Waals surface area (Å²) in [4.78, 5) is 28.8. The number of carbonyl (C=O) groups excluding carboxylic acids is 2. The van der Waals surface area contributed by atoms with Crippen LogP contribution in [0.5, 0.6) is 11.5 Å². The Morgan fingerprint density at radius 3 is 2.30 bits per heavy atom. The van der Waals surface area contributed by atoms with Crippen molar-refractivity contribution in [1.29, 1.82) is 0 Å². The lowest BCUT2D eigenvalue weighted by Gasteiger charge is -2.21. The van der Waals surface area contributed by atoms with Crippen molar-refractivity contribution in [2.45, 2.75) is 32.4 Å². The lowest BCUT2D eigenvalue weighted by molar-refractivity contribution is -0.189. The molecule has 0 saturated heterocycles. The number of amides is 1. The van der Waals surface area contributed by atoms with Crippen LogP contribution in [0.1, 0.15) is 36.7 Å². The van der Waals surface area contributed by atoms with E-state index < -0.39 is 29.2 Å².